The van der Waals surface area contributed by atoms with Crippen molar-refractivity contribution in [2.45, 2.75) is 136 Å². The standard InChI is InChI=1S/C32H52N4O5/c1-7-8-9-13-18-36(30(39)26(16-17-27(33)37)35-31(40)41-32(4,5)6)28(24-20-22(2)19-23(3)21-24)29(38)34-25-14-11-10-12-15-25/h19-21,25-26,28H,7-18H2,1-6H3,(H2,33,37)(H,34,38)(H,35,40). The van der Waals surface area contributed by atoms with Crippen LogP contribution in [-0.2, 0) is 19.1 Å². The molecule has 9 nitrogen and oxygen atoms in total. The molecule has 0 aliphatic heterocycles. The summed E-state index contributed by atoms with van der Waals surface area (Å²) in [6.07, 6.45) is 7.89. The molecule has 0 spiro atoms. The van der Waals surface area contributed by atoms with E-state index in [1.165, 1.54) is 0 Å². The maximum atomic E-state index is 14.3. The minimum atomic E-state index is -1.08. The van der Waals surface area contributed by atoms with Crippen molar-refractivity contribution in [2.75, 3.05) is 6.54 Å². The number of benzene rings is 1. The first-order valence-electron chi connectivity index (χ1n) is 15.3. The lowest BCUT2D eigenvalue weighted by Gasteiger charge is -2.36. The Morgan fingerprint density at radius 1 is 1.00 bits per heavy atom. The zero-order chi connectivity index (χ0) is 30.6. The van der Waals surface area contributed by atoms with Crippen LogP contribution in [0, 0.1) is 13.8 Å². The van der Waals surface area contributed by atoms with Gasteiger partial charge in [-0.1, -0.05) is 74.8 Å². The largest absolute Gasteiger partial charge is 0.444 e. The van der Waals surface area contributed by atoms with Crippen molar-refractivity contribution in [2.24, 2.45) is 5.73 Å². The fraction of sp³-hybridized carbons (Fsp3) is 0.688. The molecule has 0 heterocycles. The van der Waals surface area contributed by atoms with Gasteiger partial charge < -0.3 is 26.0 Å². The molecule has 0 bridgehead atoms. The van der Waals surface area contributed by atoms with Gasteiger partial charge in [0.15, 0.2) is 0 Å². The molecular weight excluding hydrogens is 520 g/mol. The SMILES string of the molecule is CCCCCCN(C(=O)C(CCC(N)=O)NC(=O)OC(C)(C)C)C(C(=O)NC1CCCCC1)c1cc(C)cc(C)c1. The molecule has 1 saturated carbocycles. The topological polar surface area (TPSA) is 131 Å². The van der Waals surface area contributed by atoms with Crippen LogP contribution in [0.15, 0.2) is 18.2 Å². The van der Waals surface area contributed by atoms with Gasteiger partial charge in [0.05, 0.1) is 0 Å². The van der Waals surface area contributed by atoms with Crippen molar-refractivity contribution in [1.82, 2.24) is 15.5 Å². The van der Waals surface area contributed by atoms with Gasteiger partial charge in [-0.05, 0) is 65.9 Å². The van der Waals surface area contributed by atoms with Gasteiger partial charge in [-0.25, -0.2) is 4.79 Å². The average Bonchev–Trinajstić information content (AvgIpc) is 2.86. The quantitative estimate of drug-likeness (QED) is 0.258. The predicted molar refractivity (Wildman–Crippen MR) is 161 cm³/mol. The minimum absolute atomic E-state index is 0.00266. The Kier molecular flexibility index (Phi) is 13.6. The van der Waals surface area contributed by atoms with Crippen molar-refractivity contribution in [3.63, 3.8) is 0 Å². The van der Waals surface area contributed by atoms with Crippen LogP contribution >= 0.6 is 0 Å². The van der Waals surface area contributed by atoms with E-state index in [9.17, 15) is 19.2 Å². The second-order valence-corrected chi connectivity index (χ2v) is 12.5. The minimum Gasteiger partial charge on any atom is -0.444 e. The molecule has 0 radical (unpaired) electrons. The van der Waals surface area contributed by atoms with Gasteiger partial charge in [0.25, 0.3) is 0 Å². The summed E-state index contributed by atoms with van der Waals surface area (Å²) in [6.45, 7) is 11.6. The van der Waals surface area contributed by atoms with E-state index in [4.69, 9.17) is 10.5 Å². The molecule has 4 N–H and O–H groups in total. The fourth-order valence-electron chi connectivity index (χ4n) is 5.44. The van der Waals surface area contributed by atoms with Crippen LogP contribution in [0.1, 0.15) is 121 Å². The van der Waals surface area contributed by atoms with Crippen LogP contribution in [0.2, 0.25) is 0 Å². The highest BCUT2D eigenvalue weighted by atomic mass is 16.6. The zero-order valence-electron chi connectivity index (χ0n) is 26.0. The number of hydrogen-bond donors (Lipinski definition) is 3. The molecule has 1 aliphatic carbocycles. The van der Waals surface area contributed by atoms with Gasteiger partial charge in [0.1, 0.15) is 17.7 Å². The number of carbonyl (C=O) groups is 4. The lowest BCUT2D eigenvalue weighted by molar-refractivity contribution is -0.143. The van der Waals surface area contributed by atoms with E-state index in [2.05, 4.69) is 17.6 Å². The van der Waals surface area contributed by atoms with E-state index in [0.29, 0.717) is 13.0 Å². The molecule has 1 aromatic rings. The van der Waals surface area contributed by atoms with Crippen LogP contribution in [0.25, 0.3) is 0 Å². The number of hydrogen-bond acceptors (Lipinski definition) is 5. The summed E-state index contributed by atoms with van der Waals surface area (Å²) in [5.41, 5.74) is 7.36. The number of primary amides is 1. The number of ether oxygens (including phenoxy) is 1. The second-order valence-electron chi connectivity index (χ2n) is 12.5. The Labute approximate surface area is 246 Å². The fourth-order valence-corrected chi connectivity index (χ4v) is 5.44. The van der Waals surface area contributed by atoms with Crippen molar-refractivity contribution in [3.05, 3.63) is 34.9 Å². The molecule has 0 aromatic heterocycles. The number of aryl methyl sites for hydroxylation is 2. The van der Waals surface area contributed by atoms with Crippen molar-refractivity contribution in [3.8, 4) is 0 Å². The lowest BCUT2D eigenvalue weighted by Crippen LogP contribution is -2.54. The van der Waals surface area contributed by atoms with Crippen molar-refractivity contribution in [1.29, 1.82) is 0 Å². The molecule has 1 fully saturated rings. The highest BCUT2D eigenvalue weighted by Gasteiger charge is 2.37. The first kappa shape index (κ1) is 34.1. The molecule has 9 heteroatoms. The van der Waals surface area contributed by atoms with Gasteiger partial charge >= 0.3 is 6.09 Å². The third-order valence-electron chi connectivity index (χ3n) is 7.28. The maximum absolute atomic E-state index is 14.3. The molecule has 1 aliphatic rings. The Bertz CT molecular complexity index is 1010. The maximum Gasteiger partial charge on any atom is 0.408 e. The van der Waals surface area contributed by atoms with E-state index >= 15 is 0 Å². The molecule has 2 unspecified atom stereocenters. The van der Waals surface area contributed by atoms with Crippen LogP contribution in [-0.4, -0.2) is 52.9 Å². The molecule has 2 rings (SSSR count). The molecule has 4 amide bonds. The summed E-state index contributed by atoms with van der Waals surface area (Å²) < 4.78 is 5.43. The molecule has 2 atom stereocenters. The summed E-state index contributed by atoms with van der Waals surface area (Å²) in [6, 6.07) is 4.02. The number of amides is 4. The number of carbonyl (C=O) groups excluding carboxylic acids is 4. The first-order valence-corrected chi connectivity index (χ1v) is 15.3. The highest BCUT2D eigenvalue weighted by Crippen LogP contribution is 2.28. The summed E-state index contributed by atoms with van der Waals surface area (Å²) in [7, 11) is 0. The van der Waals surface area contributed by atoms with Gasteiger partial charge in [0, 0.05) is 19.0 Å². The average molecular weight is 573 g/mol. The van der Waals surface area contributed by atoms with Crippen molar-refractivity contribution >= 4 is 23.8 Å². The van der Waals surface area contributed by atoms with Crippen LogP contribution in [0.3, 0.4) is 0 Å². The Morgan fingerprint density at radius 3 is 2.20 bits per heavy atom. The second kappa shape index (κ2) is 16.4. The summed E-state index contributed by atoms with van der Waals surface area (Å²) >= 11 is 0. The highest BCUT2D eigenvalue weighted by molar-refractivity contribution is 5.92. The summed E-state index contributed by atoms with van der Waals surface area (Å²) in [5, 5.41) is 5.90. The number of alkyl carbamates (subject to hydrolysis) is 1. The van der Waals surface area contributed by atoms with Gasteiger partial charge in [-0.15, -0.1) is 0 Å². The van der Waals surface area contributed by atoms with Crippen molar-refractivity contribution < 1.29 is 23.9 Å². The van der Waals surface area contributed by atoms with Crippen LogP contribution in [0.4, 0.5) is 4.79 Å². The molecule has 1 aromatic carbocycles. The number of nitrogens with one attached hydrogen (secondary N) is 2. The molecule has 41 heavy (non-hydrogen) atoms. The monoisotopic (exact) mass is 572 g/mol. The number of nitrogens with two attached hydrogens (primary N) is 1. The van der Waals surface area contributed by atoms with E-state index in [1.807, 2.05) is 32.0 Å². The summed E-state index contributed by atoms with van der Waals surface area (Å²) in [4.78, 5) is 54.5. The number of rotatable bonds is 14. The Hall–Kier alpha value is -3.10. The summed E-state index contributed by atoms with van der Waals surface area (Å²) in [5.74, 6) is -1.24. The Morgan fingerprint density at radius 2 is 1.63 bits per heavy atom. The predicted octanol–water partition coefficient (Wildman–Crippen LogP) is 5.36. The van der Waals surface area contributed by atoms with E-state index in [-0.39, 0.29) is 24.8 Å². The van der Waals surface area contributed by atoms with Crippen LogP contribution < -0.4 is 16.4 Å². The molecule has 0 saturated heterocycles. The van der Waals surface area contributed by atoms with Crippen LogP contribution in [0.5, 0.6) is 0 Å². The Balaban J connectivity index is 2.52. The third kappa shape index (κ3) is 12.1. The molecule has 230 valence electrons. The van der Waals surface area contributed by atoms with E-state index in [0.717, 1.165) is 68.1 Å². The first-order chi connectivity index (χ1) is 19.3. The number of nitrogens with zero attached hydrogens (tertiary/aromatic N) is 1. The zero-order valence-corrected chi connectivity index (χ0v) is 26.0. The molecular formula is C32H52N4O5. The van der Waals surface area contributed by atoms with E-state index in [1.54, 1.807) is 25.7 Å². The van der Waals surface area contributed by atoms with Gasteiger partial charge in [-0.2, -0.15) is 0 Å². The van der Waals surface area contributed by atoms with E-state index < -0.39 is 35.6 Å². The smallest absolute Gasteiger partial charge is 0.408 e. The van der Waals surface area contributed by atoms with Gasteiger partial charge in [0.2, 0.25) is 17.7 Å². The van der Waals surface area contributed by atoms with Gasteiger partial charge in [-0.3, -0.25) is 14.4 Å². The third-order valence-corrected chi connectivity index (χ3v) is 7.28. The lowest BCUT2D eigenvalue weighted by atomic mass is 9.93. The normalized spacial score (nSPS) is 15.5. The number of unbranched alkanes of at least 4 members (excludes halogenated alkanes) is 3.